The van der Waals surface area contributed by atoms with E-state index in [1.54, 1.807) is 0 Å². The zero-order chi connectivity index (χ0) is 15.5. The van der Waals surface area contributed by atoms with Gasteiger partial charge in [0.05, 0.1) is 10.6 Å². The van der Waals surface area contributed by atoms with E-state index in [0.717, 1.165) is 18.1 Å². The van der Waals surface area contributed by atoms with Gasteiger partial charge in [0.15, 0.2) is 9.84 Å². The summed E-state index contributed by atoms with van der Waals surface area (Å²) in [6.07, 6.45) is 0.914. The molecular formula is C16H18FNO2S. The Morgan fingerprint density at radius 3 is 2.38 bits per heavy atom. The zero-order valence-corrected chi connectivity index (χ0v) is 12.6. The maximum absolute atomic E-state index is 13.1. The van der Waals surface area contributed by atoms with Crippen LogP contribution in [-0.4, -0.2) is 14.2 Å². The number of hydrogen-bond donors (Lipinski definition) is 1. The molecule has 2 rings (SSSR count). The number of nitrogens with two attached hydrogens (primary N) is 1. The molecule has 3 nitrogen and oxygen atoms in total. The van der Waals surface area contributed by atoms with Gasteiger partial charge in [-0.25, -0.2) is 12.8 Å². The SMILES string of the molecule is CCc1ccc(C(N)CS(=O)(=O)c2cccc(F)c2)cc1. The van der Waals surface area contributed by atoms with Crippen molar-refractivity contribution in [3.8, 4) is 0 Å². The van der Waals surface area contributed by atoms with Gasteiger partial charge in [-0.05, 0) is 35.7 Å². The predicted octanol–water partition coefficient (Wildman–Crippen LogP) is 2.86. The number of benzene rings is 2. The van der Waals surface area contributed by atoms with Crippen LogP contribution in [-0.2, 0) is 16.3 Å². The number of halogens is 1. The first-order valence-electron chi connectivity index (χ1n) is 6.75. The molecule has 0 aliphatic heterocycles. The van der Waals surface area contributed by atoms with E-state index in [1.165, 1.54) is 23.8 Å². The minimum atomic E-state index is -3.61. The summed E-state index contributed by atoms with van der Waals surface area (Å²) in [5.74, 6) is -0.820. The summed E-state index contributed by atoms with van der Waals surface area (Å²) in [7, 11) is -3.61. The van der Waals surface area contributed by atoms with Crippen LogP contribution >= 0.6 is 0 Å². The first-order chi connectivity index (χ1) is 9.92. The van der Waals surface area contributed by atoms with Crippen LogP contribution in [0.4, 0.5) is 4.39 Å². The molecule has 1 atom stereocenters. The second kappa shape index (κ2) is 6.37. The molecule has 0 fully saturated rings. The predicted molar refractivity (Wildman–Crippen MR) is 81.2 cm³/mol. The lowest BCUT2D eigenvalue weighted by Crippen LogP contribution is -2.22. The van der Waals surface area contributed by atoms with Gasteiger partial charge in [0, 0.05) is 6.04 Å². The molecule has 2 N–H and O–H groups in total. The molecule has 0 bridgehead atoms. The van der Waals surface area contributed by atoms with Gasteiger partial charge in [0.25, 0.3) is 0 Å². The van der Waals surface area contributed by atoms with Gasteiger partial charge in [-0.15, -0.1) is 0 Å². The normalized spacial score (nSPS) is 13.1. The van der Waals surface area contributed by atoms with Crippen LogP contribution in [0.25, 0.3) is 0 Å². The molecule has 112 valence electrons. The summed E-state index contributed by atoms with van der Waals surface area (Å²) < 4.78 is 37.6. The van der Waals surface area contributed by atoms with Crippen LogP contribution in [0.5, 0.6) is 0 Å². The number of aryl methyl sites for hydroxylation is 1. The molecule has 5 heteroatoms. The molecule has 2 aromatic rings. The summed E-state index contributed by atoms with van der Waals surface area (Å²) in [6.45, 7) is 2.04. The fourth-order valence-corrected chi connectivity index (χ4v) is 3.53. The molecule has 0 saturated carbocycles. The van der Waals surface area contributed by atoms with Crippen molar-refractivity contribution in [2.75, 3.05) is 5.75 Å². The average molecular weight is 307 g/mol. The Hall–Kier alpha value is -1.72. The summed E-state index contributed by atoms with van der Waals surface area (Å²) in [5, 5.41) is 0. The van der Waals surface area contributed by atoms with E-state index >= 15 is 0 Å². The summed E-state index contributed by atoms with van der Waals surface area (Å²) in [4.78, 5) is -0.0388. The topological polar surface area (TPSA) is 60.2 Å². The highest BCUT2D eigenvalue weighted by Crippen LogP contribution is 2.19. The first kappa shape index (κ1) is 15.7. The molecule has 0 aliphatic carbocycles. The molecule has 0 amide bonds. The van der Waals surface area contributed by atoms with Crippen molar-refractivity contribution >= 4 is 9.84 Å². The fraction of sp³-hybridized carbons (Fsp3) is 0.250. The van der Waals surface area contributed by atoms with Crippen LogP contribution in [0.1, 0.15) is 24.1 Å². The Balaban J connectivity index is 2.19. The van der Waals surface area contributed by atoms with Gasteiger partial charge in [-0.3, -0.25) is 0 Å². The Bertz CT molecular complexity index is 711. The Morgan fingerprint density at radius 2 is 1.81 bits per heavy atom. The zero-order valence-electron chi connectivity index (χ0n) is 11.8. The third kappa shape index (κ3) is 3.89. The van der Waals surface area contributed by atoms with Crippen molar-refractivity contribution in [1.29, 1.82) is 0 Å². The lowest BCUT2D eigenvalue weighted by atomic mass is 10.1. The molecule has 0 aliphatic rings. The van der Waals surface area contributed by atoms with E-state index in [4.69, 9.17) is 5.73 Å². The smallest absolute Gasteiger partial charge is 0.180 e. The number of hydrogen-bond acceptors (Lipinski definition) is 3. The molecule has 0 heterocycles. The van der Waals surface area contributed by atoms with Crippen molar-refractivity contribution in [2.45, 2.75) is 24.3 Å². The van der Waals surface area contributed by atoms with Crippen LogP contribution in [0.2, 0.25) is 0 Å². The van der Waals surface area contributed by atoms with E-state index in [-0.39, 0.29) is 10.6 Å². The second-order valence-electron chi connectivity index (χ2n) is 4.94. The van der Waals surface area contributed by atoms with Crippen molar-refractivity contribution < 1.29 is 12.8 Å². The van der Waals surface area contributed by atoms with Crippen molar-refractivity contribution in [3.63, 3.8) is 0 Å². The van der Waals surface area contributed by atoms with Gasteiger partial charge in [0.2, 0.25) is 0 Å². The van der Waals surface area contributed by atoms with E-state index in [0.29, 0.717) is 0 Å². The van der Waals surface area contributed by atoms with Crippen molar-refractivity contribution in [1.82, 2.24) is 0 Å². The second-order valence-corrected chi connectivity index (χ2v) is 6.97. The van der Waals surface area contributed by atoms with Crippen molar-refractivity contribution in [3.05, 3.63) is 65.5 Å². The van der Waals surface area contributed by atoms with Crippen LogP contribution in [0.3, 0.4) is 0 Å². The number of sulfone groups is 1. The van der Waals surface area contributed by atoms with E-state index in [1.807, 2.05) is 31.2 Å². The molecule has 0 aromatic heterocycles. The van der Waals surface area contributed by atoms with Gasteiger partial charge in [-0.1, -0.05) is 37.3 Å². The summed E-state index contributed by atoms with van der Waals surface area (Å²) in [6, 6.07) is 11.9. The maximum Gasteiger partial charge on any atom is 0.180 e. The third-order valence-corrected chi connectivity index (χ3v) is 5.14. The molecule has 1 unspecified atom stereocenters. The highest BCUT2D eigenvalue weighted by molar-refractivity contribution is 7.91. The van der Waals surface area contributed by atoms with Crippen molar-refractivity contribution in [2.24, 2.45) is 5.73 Å². The largest absolute Gasteiger partial charge is 0.323 e. The van der Waals surface area contributed by atoms with Gasteiger partial charge in [-0.2, -0.15) is 0 Å². The average Bonchev–Trinajstić information content (AvgIpc) is 2.47. The molecule has 2 aromatic carbocycles. The standard InChI is InChI=1S/C16H18FNO2S/c1-2-12-6-8-13(9-7-12)16(18)11-21(19,20)15-5-3-4-14(17)10-15/h3-10,16H,2,11,18H2,1H3. The van der Waals surface area contributed by atoms with Gasteiger partial charge >= 0.3 is 0 Å². The van der Waals surface area contributed by atoms with Crippen LogP contribution < -0.4 is 5.73 Å². The summed E-state index contributed by atoms with van der Waals surface area (Å²) >= 11 is 0. The first-order valence-corrected chi connectivity index (χ1v) is 8.40. The highest BCUT2D eigenvalue weighted by atomic mass is 32.2. The minimum Gasteiger partial charge on any atom is -0.323 e. The molecule has 0 radical (unpaired) electrons. The van der Waals surface area contributed by atoms with Gasteiger partial charge < -0.3 is 5.73 Å². The molecule has 0 spiro atoms. The summed E-state index contributed by atoms with van der Waals surface area (Å²) in [5.41, 5.74) is 7.90. The third-order valence-electron chi connectivity index (χ3n) is 3.37. The quantitative estimate of drug-likeness (QED) is 0.924. The Morgan fingerprint density at radius 1 is 1.14 bits per heavy atom. The lowest BCUT2D eigenvalue weighted by molar-refractivity contribution is 0.584. The molecular weight excluding hydrogens is 289 g/mol. The maximum atomic E-state index is 13.1. The van der Waals surface area contributed by atoms with E-state index < -0.39 is 21.7 Å². The highest BCUT2D eigenvalue weighted by Gasteiger charge is 2.20. The Labute approximate surface area is 124 Å². The fourth-order valence-electron chi connectivity index (χ4n) is 2.09. The number of rotatable bonds is 5. The minimum absolute atomic E-state index is 0.0388. The molecule has 0 saturated heterocycles. The molecule has 21 heavy (non-hydrogen) atoms. The monoisotopic (exact) mass is 307 g/mol. The Kier molecular flexibility index (Phi) is 4.75. The lowest BCUT2D eigenvalue weighted by Gasteiger charge is -2.13. The van der Waals surface area contributed by atoms with E-state index in [2.05, 4.69) is 0 Å². The van der Waals surface area contributed by atoms with E-state index in [9.17, 15) is 12.8 Å². The van der Waals surface area contributed by atoms with Gasteiger partial charge in [0.1, 0.15) is 5.82 Å². The van der Waals surface area contributed by atoms with Crippen LogP contribution in [0, 0.1) is 5.82 Å². The van der Waals surface area contributed by atoms with Crippen LogP contribution in [0.15, 0.2) is 53.4 Å².